The highest BCUT2D eigenvalue weighted by Crippen LogP contribution is 2.19. The zero-order valence-electron chi connectivity index (χ0n) is 16.6. The first-order chi connectivity index (χ1) is 11.6. The molecule has 1 heterocycles. The van der Waals surface area contributed by atoms with E-state index in [4.69, 9.17) is 4.74 Å². The van der Waals surface area contributed by atoms with Crippen LogP contribution in [0.1, 0.15) is 111 Å². The molecule has 0 amide bonds. The molecule has 0 aromatic rings. The average molecular weight is 336 g/mol. The van der Waals surface area contributed by atoms with Gasteiger partial charge < -0.3 is 4.74 Å². The van der Waals surface area contributed by atoms with E-state index < -0.39 is 0 Å². The van der Waals surface area contributed by atoms with Crippen molar-refractivity contribution in [1.29, 1.82) is 0 Å². The van der Waals surface area contributed by atoms with E-state index in [2.05, 4.69) is 37.9 Å². The molecule has 0 saturated carbocycles. The molecule has 0 aliphatic carbocycles. The molecule has 0 atom stereocenters. The Balaban J connectivity index is 1.80. The maximum Gasteiger partial charge on any atom is 0.183 e. The second-order valence-electron chi connectivity index (χ2n) is 7.94. The third-order valence-electron chi connectivity index (χ3n) is 4.67. The first-order valence-corrected chi connectivity index (χ1v) is 10.5. The van der Waals surface area contributed by atoms with E-state index in [9.17, 15) is 0 Å². The van der Waals surface area contributed by atoms with Gasteiger partial charge in [0.15, 0.2) is 5.90 Å². The highest BCUT2D eigenvalue weighted by atomic mass is 16.5. The van der Waals surface area contributed by atoms with Gasteiger partial charge in [0.25, 0.3) is 0 Å². The van der Waals surface area contributed by atoms with Crippen molar-refractivity contribution in [3.63, 3.8) is 0 Å². The first kappa shape index (κ1) is 21.3. The van der Waals surface area contributed by atoms with Crippen molar-refractivity contribution >= 4 is 5.90 Å². The molecule has 1 rings (SSSR count). The summed E-state index contributed by atoms with van der Waals surface area (Å²) in [5, 5.41) is 0. The van der Waals surface area contributed by atoms with E-state index in [1.165, 1.54) is 83.5 Å². The number of ether oxygens (including phenoxy) is 1. The number of nitrogens with zero attached hydrogens (tertiary/aromatic N) is 1. The molecule has 1 aliphatic heterocycles. The summed E-state index contributed by atoms with van der Waals surface area (Å²) in [6.07, 6.45) is 23.4. The minimum atomic E-state index is 0.00752. The van der Waals surface area contributed by atoms with Gasteiger partial charge in [0.05, 0.1) is 5.54 Å². The molecular formula is C22H41NO. The van der Waals surface area contributed by atoms with Gasteiger partial charge in [0, 0.05) is 6.42 Å². The van der Waals surface area contributed by atoms with Crippen molar-refractivity contribution in [2.24, 2.45) is 4.99 Å². The Morgan fingerprint density at radius 3 is 1.92 bits per heavy atom. The van der Waals surface area contributed by atoms with Gasteiger partial charge in [0.1, 0.15) is 6.61 Å². The normalized spacial score (nSPS) is 16.5. The molecule has 140 valence electrons. The second-order valence-corrected chi connectivity index (χ2v) is 7.94. The maximum atomic E-state index is 5.62. The number of aliphatic imine (C=N–C) groups is 1. The lowest BCUT2D eigenvalue weighted by Gasteiger charge is -2.07. The Labute approximate surface area is 151 Å². The Morgan fingerprint density at radius 2 is 1.38 bits per heavy atom. The van der Waals surface area contributed by atoms with Crippen LogP contribution in [0.2, 0.25) is 0 Å². The summed E-state index contributed by atoms with van der Waals surface area (Å²) in [4.78, 5) is 4.60. The van der Waals surface area contributed by atoms with Crippen molar-refractivity contribution < 1.29 is 4.74 Å². The van der Waals surface area contributed by atoms with Crippen LogP contribution in [-0.2, 0) is 4.74 Å². The molecule has 0 fully saturated rings. The van der Waals surface area contributed by atoms with Crippen LogP contribution in [0.5, 0.6) is 0 Å². The Morgan fingerprint density at radius 1 is 0.833 bits per heavy atom. The van der Waals surface area contributed by atoms with Gasteiger partial charge in [-0.3, -0.25) is 0 Å². The van der Waals surface area contributed by atoms with E-state index in [0.29, 0.717) is 0 Å². The summed E-state index contributed by atoms with van der Waals surface area (Å²) < 4.78 is 5.62. The molecule has 0 aromatic heterocycles. The third kappa shape index (κ3) is 11.7. The predicted octanol–water partition coefficient (Wildman–Crippen LogP) is 7.23. The fourth-order valence-corrected chi connectivity index (χ4v) is 3.14. The number of hydrogen-bond donors (Lipinski definition) is 0. The van der Waals surface area contributed by atoms with Crippen LogP contribution in [0.15, 0.2) is 17.1 Å². The molecule has 0 bridgehead atoms. The van der Waals surface area contributed by atoms with Crippen LogP contribution in [0.4, 0.5) is 0 Å². The van der Waals surface area contributed by atoms with Crippen LogP contribution in [-0.4, -0.2) is 18.0 Å². The van der Waals surface area contributed by atoms with E-state index in [1.54, 1.807) is 0 Å². The molecule has 1 aliphatic rings. The quantitative estimate of drug-likeness (QED) is 0.228. The predicted molar refractivity (Wildman–Crippen MR) is 107 cm³/mol. The van der Waals surface area contributed by atoms with Crippen LogP contribution in [0.25, 0.3) is 0 Å². The van der Waals surface area contributed by atoms with Gasteiger partial charge in [0.2, 0.25) is 0 Å². The lowest BCUT2D eigenvalue weighted by molar-refractivity contribution is 0.273. The fraction of sp³-hybridized carbons (Fsp3) is 0.864. The van der Waals surface area contributed by atoms with Gasteiger partial charge in [-0.25, -0.2) is 4.99 Å². The molecular weight excluding hydrogens is 294 g/mol. The van der Waals surface area contributed by atoms with Crippen LogP contribution >= 0.6 is 0 Å². The molecule has 24 heavy (non-hydrogen) atoms. The van der Waals surface area contributed by atoms with E-state index in [1.807, 2.05) is 0 Å². The smallest absolute Gasteiger partial charge is 0.183 e. The zero-order chi connectivity index (χ0) is 17.5. The van der Waals surface area contributed by atoms with Crippen molar-refractivity contribution in [2.45, 2.75) is 116 Å². The standard InChI is InChI=1S/C22H41NO/c1-4-5-6-7-8-9-10-11-12-13-14-15-16-17-18-19-21-23-22(2,3)20-24-21/h13-14H,4-12,15-20H2,1-3H3/b14-13-. The molecule has 2 heteroatoms. The fourth-order valence-electron chi connectivity index (χ4n) is 3.14. The van der Waals surface area contributed by atoms with Gasteiger partial charge in [-0.2, -0.15) is 0 Å². The molecule has 0 unspecified atom stereocenters. The molecule has 0 aromatic carbocycles. The Kier molecular flexibility index (Phi) is 12.0. The number of allylic oxidation sites excluding steroid dienone is 2. The van der Waals surface area contributed by atoms with Crippen molar-refractivity contribution in [3.05, 3.63) is 12.2 Å². The molecule has 0 radical (unpaired) electrons. The number of hydrogen-bond acceptors (Lipinski definition) is 2. The topological polar surface area (TPSA) is 21.6 Å². The number of rotatable bonds is 15. The monoisotopic (exact) mass is 335 g/mol. The van der Waals surface area contributed by atoms with Crippen LogP contribution < -0.4 is 0 Å². The SMILES string of the molecule is CCCCCCCCCC/C=C\CCCCCC1=NC(C)(C)CO1. The molecule has 2 nitrogen and oxygen atoms in total. The minimum absolute atomic E-state index is 0.00752. The Hall–Kier alpha value is -0.790. The van der Waals surface area contributed by atoms with Crippen molar-refractivity contribution in [3.8, 4) is 0 Å². The third-order valence-corrected chi connectivity index (χ3v) is 4.67. The minimum Gasteiger partial charge on any atom is -0.478 e. The van der Waals surface area contributed by atoms with E-state index >= 15 is 0 Å². The molecule has 0 spiro atoms. The van der Waals surface area contributed by atoms with Gasteiger partial charge in [-0.1, -0.05) is 70.4 Å². The maximum absolute atomic E-state index is 5.62. The zero-order valence-corrected chi connectivity index (χ0v) is 16.6. The van der Waals surface area contributed by atoms with Gasteiger partial charge >= 0.3 is 0 Å². The van der Waals surface area contributed by atoms with Gasteiger partial charge in [-0.15, -0.1) is 0 Å². The Bertz CT molecular complexity index is 357. The van der Waals surface area contributed by atoms with Gasteiger partial charge in [-0.05, 0) is 46.0 Å². The van der Waals surface area contributed by atoms with Crippen molar-refractivity contribution in [2.75, 3.05) is 6.61 Å². The number of unbranched alkanes of at least 4 members (excludes halogenated alkanes) is 11. The summed E-state index contributed by atoms with van der Waals surface area (Å²) in [5.74, 6) is 0.977. The highest BCUT2D eigenvalue weighted by molar-refractivity contribution is 5.78. The van der Waals surface area contributed by atoms with E-state index in [-0.39, 0.29) is 5.54 Å². The summed E-state index contributed by atoms with van der Waals surface area (Å²) in [6.45, 7) is 7.31. The summed E-state index contributed by atoms with van der Waals surface area (Å²) in [7, 11) is 0. The summed E-state index contributed by atoms with van der Waals surface area (Å²) in [5.41, 5.74) is 0.00752. The molecule has 0 saturated heterocycles. The lowest BCUT2D eigenvalue weighted by Crippen LogP contribution is -2.17. The second kappa shape index (κ2) is 13.5. The lowest BCUT2D eigenvalue weighted by atomic mass is 10.1. The average Bonchev–Trinajstić information content (AvgIpc) is 2.90. The van der Waals surface area contributed by atoms with E-state index in [0.717, 1.165) is 18.9 Å². The largest absolute Gasteiger partial charge is 0.478 e. The summed E-state index contributed by atoms with van der Waals surface area (Å²) in [6, 6.07) is 0. The van der Waals surface area contributed by atoms with Crippen LogP contribution in [0, 0.1) is 0 Å². The summed E-state index contributed by atoms with van der Waals surface area (Å²) >= 11 is 0. The first-order valence-electron chi connectivity index (χ1n) is 10.5. The van der Waals surface area contributed by atoms with Crippen molar-refractivity contribution in [1.82, 2.24) is 0 Å². The van der Waals surface area contributed by atoms with Crippen LogP contribution in [0.3, 0.4) is 0 Å². The molecule has 0 N–H and O–H groups in total. The highest BCUT2D eigenvalue weighted by Gasteiger charge is 2.25.